The van der Waals surface area contributed by atoms with Gasteiger partial charge in [0.05, 0.1) is 25.5 Å². The van der Waals surface area contributed by atoms with E-state index in [1.54, 1.807) is 18.2 Å². The van der Waals surface area contributed by atoms with Crippen LogP contribution in [0.15, 0.2) is 52.1 Å². The topological polar surface area (TPSA) is 64.2 Å². The molecule has 0 spiro atoms. The van der Waals surface area contributed by atoms with E-state index in [0.29, 0.717) is 14.7 Å². The summed E-state index contributed by atoms with van der Waals surface area (Å²) in [6, 6.07) is 11.9. The Hall–Kier alpha value is -1.94. The first-order chi connectivity index (χ1) is 14.3. The summed E-state index contributed by atoms with van der Waals surface area (Å²) in [4.78, 5) is 13.6. The molecule has 0 bridgehead atoms. The minimum Gasteiger partial charge on any atom is -0.331 e. The Bertz CT molecular complexity index is 1040. The van der Waals surface area contributed by atoms with Gasteiger partial charge in [0.25, 0.3) is 0 Å². The summed E-state index contributed by atoms with van der Waals surface area (Å²) in [6.45, 7) is 2.06. The van der Waals surface area contributed by atoms with Gasteiger partial charge in [0.15, 0.2) is 11.0 Å². The third-order valence-electron chi connectivity index (χ3n) is 4.53. The third kappa shape index (κ3) is 5.40. The highest BCUT2D eigenvalue weighted by atomic mass is 79.9. The van der Waals surface area contributed by atoms with Crippen LogP contribution in [-0.4, -0.2) is 40.5 Å². The van der Waals surface area contributed by atoms with Crippen LogP contribution in [0.3, 0.4) is 0 Å². The molecule has 158 valence electrons. The van der Waals surface area contributed by atoms with E-state index in [-0.39, 0.29) is 23.4 Å². The van der Waals surface area contributed by atoms with Gasteiger partial charge >= 0.3 is 0 Å². The van der Waals surface area contributed by atoms with Crippen molar-refractivity contribution < 1.29 is 14.1 Å². The summed E-state index contributed by atoms with van der Waals surface area (Å²) in [7, 11) is 4.08. The van der Waals surface area contributed by atoms with Crippen molar-refractivity contribution in [2.45, 2.75) is 18.1 Å². The molecule has 0 fully saturated rings. The number of amides is 1. The van der Waals surface area contributed by atoms with E-state index in [1.807, 2.05) is 30.8 Å². The van der Waals surface area contributed by atoms with E-state index < -0.39 is 5.82 Å². The van der Waals surface area contributed by atoms with E-state index in [4.69, 9.17) is 11.6 Å². The smallest absolute Gasteiger partial charge is 0.234 e. The van der Waals surface area contributed by atoms with E-state index in [2.05, 4.69) is 38.4 Å². The average Bonchev–Trinajstić information content (AvgIpc) is 3.12. The maximum Gasteiger partial charge on any atom is 0.234 e. The van der Waals surface area contributed by atoms with Crippen molar-refractivity contribution in [2.75, 3.05) is 25.2 Å². The Balaban J connectivity index is 1.81. The summed E-state index contributed by atoms with van der Waals surface area (Å²) in [6.07, 6.45) is 0. The standard InChI is InChI=1S/C20H20BrClFN5OS/c1-12(27(2)3)19-25-26-20(28(19)15-7-5-14(22)6-8-15)30-11-18(29)24-17-9-4-13(21)10-16(17)23/h4-10,12H,11H2,1-3H3,(H,24,29)/p+1/t12-/m0/s1. The van der Waals surface area contributed by atoms with Crippen molar-refractivity contribution in [3.05, 3.63) is 63.6 Å². The number of carbonyl (C=O) groups excluding carboxylic acids is 1. The van der Waals surface area contributed by atoms with Crippen LogP contribution in [0.4, 0.5) is 10.1 Å². The molecule has 3 aromatic rings. The van der Waals surface area contributed by atoms with Crippen molar-refractivity contribution in [1.82, 2.24) is 14.8 Å². The zero-order chi connectivity index (χ0) is 21.8. The number of thioether (sulfide) groups is 1. The predicted octanol–water partition coefficient (Wildman–Crippen LogP) is 3.76. The number of rotatable bonds is 7. The Labute approximate surface area is 191 Å². The van der Waals surface area contributed by atoms with Crippen molar-refractivity contribution >= 4 is 50.9 Å². The lowest BCUT2D eigenvalue weighted by Gasteiger charge is -2.18. The number of anilines is 1. The SMILES string of the molecule is C[C@@H](c1nnc(SCC(=O)Nc2ccc(Br)cc2F)n1-c1ccc(Cl)cc1)[NH+](C)C. The second-order valence-electron chi connectivity index (χ2n) is 6.91. The van der Waals surface area contributed by atoms with Crippen molar-refractivity contribution in [1.29, 1.82) is 0 Å². The molecule has 0 aliphatic carbocycles. The Morgan fingerprint density at radius 1 is 1.27 bits per heavy atom. The fraction of sp³-hybridized carbons (Fsp3) is 0.250. The van der Waals surface area contributed by atoms with Crippen LogP contribution in [0, 0.1) is 5.82 Å². The molecule has 2 aromatic carbocycles. The molecule has 2 N–H and O–H groups in total. The van der Waals surface area contributed by atoms with Crippen LogP contribution in [0.25, 0.3) is 5.69 Å². The monoisotopic (exact) mass is 512 g/mol. The lowest BCUT2D eigenvalue weighted by Crippen LogP contribution is -3.05. The first-order valence-electron chi connectivity index (χ1n) is 9.15. The van der Waals surface area contributed by atoms with Gasteiger partial charge < -0.3 is 10.2 Å². The number of quaternary nitrogens is 1. The zero-order valence-electron chi connectivity index (χ0n) is 16.6. The predicted molar refractivity (Wildman–Crippen MR) is 121 cm³/mol. The summed E-state index contributed by atoms with van der Waals surface area (Å²) in [5, 5.41) is 12.5. The van der Waals surface area contributed by atoms with Gasteiger partial charge in [0.1, 0.15) is 11.9 Å². The van der Waals surface area contributed by atoms with Crippen LogP contribution in [0.1, 0.15) is 18.8 Å². The molecule has 3 rings (SSSR count). The first-order valence-corrected chi connectivity index (χ1v) is 11.3. The van der Waals surface area contributed by atoms with Crippen molar-refractivity contribution in [3.8, 4) is 5.69 Å². The summed E-state index contributed by atoms with van der Waals surface area (Å²) in [5.41, 5.74) is 0.989. The van der Waals surface area contributed by atoms with Crippen LogP contribution in [0.2, 0.25) is 5.02 Å². The van der Waals surface area contributed by atoms with Crippen LogP contribution >= 0.6 is 39.3 Å². The second-order valence-corrected chi connectivity index (χ2v) is 9.21. The van der Waals surface area contributed by atoms with E-state index in [1.165, 1.54) is 28.8 Å². The Morgan fingerprint density at radius 3 is 2.60 bits per heavy atom. The molecular weight excluding hydrogens is 493 g/mol. The van der Waals surface area contributed by atoms with E-state index >= 15 is 0 Å². The van der Waals surface area contributed by atoms with Crippen molar-refractivity contribution in [3.63, 3.8) is 0 Å². The molecule has 1 atom stereocenters. The highest BCUT2D eigenvalue weighted by Gasteiger charge is 2.24. The van der Waals surface area contributed by atoms with Crippen LogP contribution < -0.4 is 10.2 Å². The van der Waals surface area contributed by atoms with Crippen molar-refractivity contribution in [2.24, 2.45) is 0 Å². The Kier molecular flexibility index (Phi) is 7.51. The fourth-order valence-electron chi connectivity index (χ4n) is 2.65. The van der Waals surface area contributed by atoms with Gasteiger partial charge in [0, 0.05) is 15.2 Å². The van der Waals surface area contributed by atoms with Gasteiger partial charge in [-0.3, -0.25) is 9.36 Å². The molecule has 0 aliphatic heterocycles. The first kappa shape index (κ1) is 22.7. The normalized spacial score (nSPS) is 12.2. The lowest BCUT2D eigenvalue weighted by atomic mass is 10.2. The fourth-order valence-corrected chi connectivity index (χ4v) is 3.87. The minimum absolute atomic E-state index is 0.0599. The molecule has 0 unspecified atom stereocenters. The second kappa shape index (κ2) is 9.91. The van der Waals surface area contributed by atoms with Gasteiger partial charge in [-0.15, -0.1) is 10.2 Å². The Morgan fingerprint density at radius 2 is 1.97 bits per heavy atom. The highest BCUT2D eigenvalue weighted by molar-refractivity contribution is 9.10. The van der Waals surface area contributed by atoms with Gasteiger partial charge in [-0.05, 0) is 49.4 Å². The summed E-state index contributed by atoms with van der Waals surface area (Å²) in [5.74, 6) is 0.000710. The number of benzene rings is 2. The van der Waals surface area contributed by atoms with E-state index in [9.17, 15) is 9.18 Å². The number of nitrogens with zero attached hydrogens (tertiary/aromatic N) is 3. The van der Waals surface area contributed by atoms with Gasteiger partial charge in [-0.2, -0.15) is 0 Å². The molecular formula is C20H21BrClFN5OS+. The molecule has 1 amide bonds. The quantitative estimate of drug-likeness (QED) is 0.472. The maximum absolute atomic E-state index is 14.0. The molecule has 1 aromatic heterocycles. The zero-order valence-corrected chi connectivity index (χ0v) is 19.8. The molecule has 0 radical (unpaired) electrons. The summed E-state index contributed by atoms with van der Waals surface area (Å²) >= 11 is 10.5. The lowest BCUT2D eigenvalue weighted by molar-refractivity contribution is -0.890. The number of halogens is 3. The van der Waals surface area contributed by atoms with Crippen LogP contribution in [0.5, 0.6) is 0 Å². The summed E-state index contributed by atoms with van der Waals surface area (Å²) < 4.78 is 16.5. The average molecular weight is 514 g/mol. The van der Waals surface area contributed by atoms with Gasteiger partial charge in [-0.25, -0.2) is 4.39 Å². The number of hydrogen-bond acceptors (Lipinski definition) is 4. The maximum atomic E-state index is 14.0. The largest absolute Gasteiger partial charge is 0.331 e. The van der Waals surface area contributed by atoms with E-state index in [0.717, 1.165) is 11.5 Å². The minimum atomic E-state index is -0.503. The third-order valence-corrected chi connectivity index (χ3v) is 6.21. The molecule has 30 heavy (non-hydrogen) atoms. The number of aromatic nitrogens is 3. The molecule has 0 aliphatic rings. The molecule has 6 nitrogen and oxygen atoms in total. The number of nitrogens with one attached hydrogen (secondary N) is 2. The number of carbonyl (C=O) groups is 1. The van der Waals surface area contributed by atoms with Crippen LogP contribution in [-0.2, 0) is 4.79 Å². The molecule has 0 saturated heterocycles. The highest BCUT2D eigenvalue weighted by Crippen LogP contribution is 2.26. The number of hydrogen-bond donors (Lipinski definition) is 2. The molecule has 1 heterocycles. The molecule has 0 saturated carbocycles. The molecule has 10 heteroatoms. The van der Waals surface area contributed by atoms with Gasteiger partial charge in [0.2, 0.25) is 5.91 Å². The van der Waals surface area contributed by atoms with Gasteiger partial charge in [-0.1, -0.05) is 39.3 Å².